The number of likely N-dealkylation sites (N-methyl/N-ethyl adjacent to an activating group) is 1. The highest BCUT2D eigenvalue weighted by molar-refractivity contribution is 5.95. The number of ether oxygens (including phenoxy) is 1. The minimum atomic E-state index is -0.367. The summed E-state index contributed by atoms with van der Waals surface area (Å²) in [5.74, 6) is -0.857. The van der Waals surface area contributed by atoms with E-state index in [1.807, 2.05) is 38.1 Å². The summed E-state index contributed by atoms with van der Waals surface area (Å²) >= 11 is 0. The molecule has 7 heteroatoms. The van der Waals surface area contributed by atoms with Crippen LogP contribution >= 0.6 is 0 Å². The number of aryl methyl sites for hydroxylation is 1. The van der Waals surface area contributed by atoms with Gasteiger partial charge in [0.2, 0.25) is 11.8 Å². The first-order chi connectivity index (χ1) is 13.9. The second kappa shape index (κ2) is 10.8. The molecule has 2 aromatic carbocycles. The zero-order chi connectivity index (χ0) is 21.2. The Balaban J connectivity index is 1.78. The largest absolute Gasteiger partial charge is 0.462 e. The molecule has 0 fully saturated rings. The lowest BCUT2D eigenvalue weighted by Crippen LogP contribution is -2.38. The smallest absolute Gasteiger partial charge is 0.338 e. The van der Waals surface area contributed by atoms with Crippen LogP contribution in [0.4, 0.5) is 11.4 Å². The first-order valence-corrected chi connectivity index (χ1v) is 9.50. The van der Waals surface area contributed by atoms with Crippen molar-refractivity contribution >= 4 is 29.2 Å². The average Bonchev–Trinajstić information content (AvgIpc) is 2.72. The van der Waals surface area contributed by atoms with Crippen LogP contribution in [0.25, 0.3) is 0 Å². The van der Waals surface area contributed by atoms with E-state index in [0.717, 1.165) is 12.0 Å². The highest BCUT2D eigenvalue weighted by atomic mass is 16.5. The lowest BCUT2D eigenvalue weighted by atomic mass is 10.2. The third-order valence-electron chi connectivity index (χ3n) is 4.14. The van der Waals surface area contributed by atoms with Crippen LogP contribution in [0.5, 0.6) is 0 Å². The molecule has 7 nitrogen and oxygen atoms in total. The van der Waals surface area contributed by atoms with Crippen molar-refractivity contribution in [2.75, 3.05) is 37.4 Å². The Morgan fingerprint density at radius 1 is 0.966 bits per heavy atom. The van der Waals surface area contributed by atoms with Crippen molar-refractivity contribution in [3.05, 3.63) is 59.7 Å². The first kappa shape index (κ1) is 21.9. The van der Waals surface area contributed by atoms with E-state index in [2.05, 4.69) is 10.6 Å². The van der Waals surface area contributed by atoms with Crippen molar-refractivity contribution in [1.29, 1.82) is 0 Å². The van der Waals surface area contributed by atoms with Crippen molar-refractivity contribution in [2.45, 2.75) is 20.3 Å². The Labute approximate surface area is 171 Å². The Bertz CT molecular complexity index is 832. The van der Waals surface area contributed by atoms with Gasteiger partial charge in [-0.25, -0.2) is 4.79 Å². The highest BCUT2D eigenvalue weighted by Crippen LogP contribution is 2.11. The zero-order valence-corrected chi connectivity index (χ0v) is 17.0. The molecule has 0 bridgehead atoms. The molecular weight excluding hydrogens is 370 g/mol. The zero-order valence-electron chi connectivity index (χ0n) is 17.0. The lowest BCUT2D eigenvalue weighted by Gasteiger charge is -2.17. The number of amides is 2. The second-order valence-electron chi connectivity index (χ2n) is 6.73. The fourth-order valence-electron chi connectivity index (χ4n) is 2.46. The number of carbonyl (C=O) groups excluding carboxylic acids is 3. The predicted molar refractivity (Wildman–Crippen MR) is 113 cm³/mol. The van der Waals surface area contributed by atoms with Gasteiger partial charge in [-0.1, -0.05) is 24.6 Å². The van der Waals surface area contributed by atoms with Crippen molar-refractivity contribution in [3.63, 3.8) is 0 Å². The van der Waals surface area contributed by atoms with E-state index in [9.17, 15) is 14.4 Å². The van der Waals surface area contributed by atoms with Gasteiger partial charge in [-0.2, -0.15) is 0 Å². The fourth-order valence-corrected chi connectivity index (χ4v) is 2.46. The molecule has 2 amide bonds. The Morgan fingerprint density at radius 3 is 2.21 bits per heavy atom. The van der Waals surface area contributed by atoms with E-state index in [1.165, 1.54) is 4.90 Å². The van der Waals surface area contributed by atoms with Crippen molar-refractivity contribution < 1.29 is 19.1 Å². The molecule has 2 aromatic rings. The highest BCUT2D eigenvalue weighted by Gasteiger charge is 2.13. The van der Waals surface area contributed by atoms with Crippen LogP contribution in [-0.4, -0.2) is 49.4 Å². The van der Waals surface area contributed by atoms with Crippen LogP contribution in [0.2, 0.25) is 0 Å². The van der Waals surface area contributed by atoms with Crippen molar-refractivity contribution in [3.8, 4) is 0 Å². The first-order valence-electron chi connectivity index (χ1n) is 9.50. The molecule has 29 heavy (non-hydrogen) atoms. The molecule has 2 N–H and O–H groups in total. The molecular formula is C22H27N3O4. The summed E-state index contributed by atoms with van der Waals surface area (Å²) in [6.07, 6.45) is 0.768. The Kier molecular flexibility index (Phi) is 8.21. The summed E-state index contributed by atoms with van der Waals surface area (Å²) in [5.41, 5.74) is 2.95. The van der Waals surface area contributed by atoms with Crippen LogP contribution in [0, 0.1) is 6.92 Å². The molecule has 0 aliphatic rings. The van der Waals surface area contributed by atoms with Gasteiger partial charge < -0.3 is 20.3 Å². The summed E-state index contributed by atoms with van der Waals surface area (Å²) in [6, 6.07) is 14.1. The SMILES string of the molecule is CCCOC(=O)c1ccc(NCC(=O)N(C)CC(=O)Nc2ccc(C)cc2)cc1. The number of esters is 1. The summed E-state index contributed by atoms with van der Waals surface area (Å²) in [5, 5.41) is 5.75. The van der Waals surface area contributed by atoms with Gasteiger partial charge in [-0.3, -0.25) is 9.59 Å². The van der Waals surface area contributed by atoms with Gasteiger partial charge in [0, 0.05) is 18.4 Å². The Hall–Kier alpha value is -3.35. The van der Waals surface area contributed by atoms with E-state index >= 15 is 0 Å². The van der Waals surface area contributed by atoms with Gasteiger partial charge in [-0.15, -0.1) is 0 Å². The van der Waals surface area contributed by atoms with Gasteiger partial charge in [-0.05, 0) is 49.7 Å². The molecule has 0 aromatic heterocycles. The number of hydrogen-bond donors (Lipinski definition) is 2. The summed E-state index contributed by atoms with van der Waals surface area (Å²) in [6.45, 7) is 4.28. The van der Waals surface area contributed by atoms with Gasteiger partial charge in [0.05, 0.1) is 25.3 Å². The minimum Gasteiger partial charge on any atom is -0.462 e. The number of hydrogen-bond acceptors (Lipinski definition) is 5. The van der Waals surface area contributed by atoms with E-state index < -0.39 is 0 Å². The normalized spacial score (nSPS) is 10.2. The molecule has 0 unspecified atom stereocenters. The molecule has 0 saturated carbocycles. The molecule has 2 rings (SSSR count). The third-order valence-corrected chi connectivity index (χ3v) is 4.14. The summed E-state index contributed by atoms with van der Waals surface area (Å²) < 4.78 is 5.07. The monoisotopic (exact) mass is 397 g/mol. The van der Waals surface area contributed by atoms with E-state index in [0.29, 0.717) is 23.5 Å². The lowest BCUT2D eigenvalue weighted by molar-refractivity contribution is -0.131. The van der Waals surface area contributed by atoms with Crippen LogP contribution in [0.15, 0.2) is 48.5 Å². The summed E-state index contributed by atoms with van der Waals surface area (Å²) in [4.78, 5) is 37.5. The Morgan fingerprint density at radius 2 is 1.59 bits per heavy atom. The van der Waals surface area contributed by atoms with Crippen LogP contribution < -0.4 is 10.6 Å². The summed E-state index contributed by atoms with van der Waals surface area (Å²) in [7, 11) is 1.57. The molecule has 0 spiro atoms. The molecule has 0 heterocycles. The van der Waals surface area contributed by atoms with Crippen LogP contribution in [-0.2, 0) is 14.3 Å². The predicted octanol–water partition coefficient (Wildman–Crippen LogP) is 3.07. The van der Waals surface area contributed by atoms with Gasteiger partial charge >= 0.3 is 5.97 Å². The van der Waals surface area contributed by atoms with E-state index in [1.54, 1.807) is 31.3 Å². The topological polar surface area (TPSA) is 87.7 Å². The molecule has 0 saturated heterocycles. The molecule has 0 atom stereocenters. The maximum absolute atomic E-state index is 12.3. The second-order valence-corrected chi connectivity index (χ2v) is 6.73. The number of anilines is 2. The van der Waals surface area contributed by atoms with E-state index in [4.69, 9.17) is 4.74 Å². The van der Waals surface area contributed by atoms with Crippen molar-refractivity contribution in [1.82, 2.24) is 4.90 Å². The quantitative estimate of drug-likeness (QED) is 0.635. The number of carbonyl (C=O) groups is 3. The molecule has 0 aliphatic carbocycles. The maximum atomic E-state index is 12.3. The van der Waals surface area contributed by atoms with E-state index in [-0.39, 0.29) is 30.9 Å². The molecule has 0 radical (unpaired) electrons. The average molecular weight is 397 g/mol. The minimum absolute atomic E-state index is 0.0357. The maximum Gasteiger partial charge on any atom is 0.338 e. The van der Waals surface area contributed by atoms with Crippen LogP contribution in [0.3, 0.4) is 0 Å². The van der Waals surface area contributed by atoms with Gasteiger partial charge in [0.15, 0.2) is 0 Å². The number of benzene rings is 2. The number of rotatable bonds is 9. The van der Waals surface area contributed by atoms with Gasteiger partial charge in [0.1, 0.15) is 0 Å². The van der Waals surface area contributed by atoms with Crippen LogP contribution in [0.1, 0.15) is 29.3 Å². The molecule has 0 aliphatic heterocycles. The van der Waals surface area contributed by atoms with Gasteiger partial charge in [0.25, 0.3) is 0 Å². The number of nitrogens with zero attached hydrogens (tertiary/aromatic N) is 1. The fraction of sp³-hybridized carbons (Fsp3) is 0.318. The molecule has 154 valence electrons. The standard InChI is InChI=1S/C22H27N3O4/c1-4-13-29-22(28)17-7-11-18(12-8-17)23-14-21(27)25(3)15-20(26)24-19-9-5-16(2)6-10-19/h5-12,23H,4,13-15H2,1-3H3,(H,24,26). The van der Waals surface area contributed by atoms with Crippen molar-refractivity contribution in [2.24, 2.45) is 0 Å². The third kappa shape index (κ3) is 7.29. The number of nitrogens with one attached hydrogen (secondary N) is 2.